The summed E-state index contributed by atoms with van der Waals surface area (Å²) in [5.41, 5.74) is 4.81. The number of carbonyl (C=O) groups is 2. The minimum atomic E-state index is -0.374. The average molecular weight is 298 g/mol. The smallest absolute Gasteiger partial charge is 0.276 e. The Hall–Kier alpha value is -2.56. The highest BCUT2D eigenvalue weighted by molar-refractivity contribution is 5.85. The van der Waals surface area contributed by atoms with Gasteiger partial charge >= 0.3 is 0 Å². The van der Waals surface area contributed by atoms with Crippen LogP contribution in [0.2, 0.25) is 0 Å². The van der Waals surface area contributed by atoms with Gasteiger partial charge in [0, 0.05) is 5.92 Å². The van der Waals surface area contributed by atoms with Crippen molar-refractivity contribution in [2.45, 2.75) is 19.3 Å². The Balaban J connectivity index is 1.48. The first-order valence-corrected chi connectivity index (χ1v) is 7.43. The zero-order valence-corrected chi connectivity index (χ0v) is 12.2. The first-order chi connectivity index (χ1) is 10.7. The molecule has 0 unspecified atom stereocenters. The maximum absolute atomic E-state index is 11.7. The molecule has 5 heteroatoms. The number of fused-ring (bicyclic) bond motifs is 1. The van der Waals surface area contributed by atoms with Gasteiger partial charge in [0.1, 0.15) is 5.75 Å². The van der Waals surface area contributed by atoms with Crippen molar-refractivity contribution in [3.63, 3.8) is 0 Å². The van der Waals surface area contributed by atoms with Crippen molar-refractivity contribution < 1.29 is 14.3 Å². The first kappa shape index (κ1) is 14.4. The Morgan fingerprint density at radius 2 is 1.82 bits per heavy atom. The summed E-state index contributed by atoms with van der Waals surface area (Å²) in [5, 5.41) is 2.17. The van der Waals surface area contributed by atoms with Crippen LogP contribution < -0.4 is 15.6 Å². The molecule has 1 aliphatic rings. The van der Waals surface area contributed by atoms with Gasteiger partial charge < -0.3 is 4.74 Å². The molecule has 2 amide bonds. The minimum absolute atomic E-state index is 0.0432. The fourth-order valence-electron chi connectivity index (χ4n) is 2.35. The van der Waals surface area contributed by atoms with Crippen LogP contribution in [0.15, 0.2) is 42.5 Å². The van der Waals surface area contributed by atoms with E-state index < -0.39 is 0 Å². The SMILES string of the molecule is O=C(COc1ccc2ccccc2c1)NNC(=O)C1CCC1. The highest BCUT2D eigenvalue weighted by Gasteiger charge is 2.25. The monoisotopic (exact) mass is 298 g/mol. The summed E-state index contributed by atoms with van der Waals surface area (Å²) in [6, 6.07) is 13.6. The Morgan fingerprint density at radius 1 is 1.05 bits per heavy atom. The lowest BCUT2D eigenvalue weighted by atomic mass is 9.85. The van der Waals surface area contributed by atoms with Gasteiger partial charge in [0.15, 0.2) is 6.61 Å². The van der Waals surface area contributed by atoms with Gasteiger partial charge in [-0.15, -0.1) is 0 Å². The predicted octanol–water partition coefficient (Wildman–Crippen LogP) is 2.17. The van der Waals surface area contributed by atoms with Gasteiger partial charge in [-0.1, -0.05) is 36.8 Å². The lowest BCUT2D eigenvalue weighted by Gasteiger charge is -2.23. The molecule has 0 aliphatic heterocycles. The number of ether oxygens (including phenoxy) is 1. The second kappa shape index (κ2) is 6.47. The highest BCUT2D eigenvalue weighted by atomic mass is 16.5. The van der Waals surface area contributed by atoms with Crippen LogP contribution in [0, 0.1) is 5.92 Å². The number of carbonyl (C=O) groups excluding carboxylic acids is 2. The summed E-state index contributed by atoms with van der Waals surface area (Å²) >= 11 is 0. The second-order valence-corrected chi connectivity index (χ2v) is 5.46. The summed E-state index contributed by atoms with van der Waals surface area (Å²) in [6.45, 7) is -0.136. The van der Waals surface area contributed by atoms with E-state index in [0.717, 1.165) is 30.0 Å². The Bertz CT molecular complexity index is 695. The van der Waals surface area contributed by atoms with Crippen molar-refractivity contribution >= 4 is 22.6 Å². The third kappa shape index (κ3) is 3.36. The maximum Gasteiger partial charge on any atom is 0.276 e. The first-order valence-electron chi connectivity index (χ1n) is 7.43. The number of hydrazine groups is 1. The molecular formula is C17H18N2O3. The van der Waals surface area contributed by atoms with Crippen LogP contribution in [0.5, 0.6) is 5.75 Å². The minimum Gasteiger partial charge on any atom is -0.484 e. The third-order valence-electron chi connectivity index (χ3n) is 3.89. The largest absolute Gasteiger partial charge is 0.484 e. The maximum atomic E-state index is 11.7. The van der Waals surface area contributed by atoms with Crippen LogP contribution in [0.1, 0.15) is 19.3 Å². The van der Waals surface area contributed by atoms with Crippen molar-refractivity contribution in [1.29, 1.82) is 0 Å². The lowest BCUT2D eigenvalue weighted by molar-refractivity contribution is -0.133. The second-order valence-electron chi connectivity index (χ2n) is 5.46. The number of benzene rings is 2. The van der Waals surface area contributed by atoms with E-state index in [9.17, 15) is 9.59 Å². The number of nitrogens with one attached hydrogen (secondary N) is 2. The van der Waals surface area contributed by atoms with Crippen LogP contribution in [0.4, 0.5) is 0 Å². The molecule has 2 aromatic rings. The molecule has 3 rings (SSSR count). The quantitative estimate of drug-likeness (QED) is 0.850. The van der Waals surface area contributed by atoms with Gasteiger partial charge in [0.25, 0.3) is 5.91 Å². The van der Waals surface area contributed by atoms with Crippen LogP contribution >= 0.6 is 0 Å². The van der Waals surface area contributed by atoms with E-state index in [-0.39, 0.29) is 24.3 Å². The van der Waals surface area contributed by atoms with Gasteiger partial charge in [-0.25, -0.2) is 0 Å². The van der Waals surface area contributed by atoms with Gasteiger partial charge in [0.05, 0.1) is 0 Å². The summed E-state index contributed by atoms with van der Waals surface area (Å²) in [6.07, 6.45) is 2.88. The normalized spacial score (nSPS) is 14.2. The number of hydrogen-bond acceptors (Lipinski definition) is 3. The van der Waals surface area contributed by atoms with Gasteiger partial charge in [-0.3, -0.25) is 20.4 Å². The standard InChI is InChI=1S/C17H18N2O3/c20-16(18-19-17(21)13-6-3-7-13)11-22-15-9-8-12-4-1-2-5-14(12)10-15/h1-2,4-5,8-10,13H,3,6-7,11H2,(H,18,20)(H,19,21). The molecule has 0 atom stereocenters. The highest BCUT2D eigenvalue weighted by Crippen LogP contribution is 2.25. The molecule has 0 radical (unpaired) electrons. The zero-order valence-electron chi connectivity index (χ0n) is 12.2. The number of hydrogen-bond donors (Lipinski definition) is 2. The van der Waals surface area contributed by atoms with E-state index in [1.54, 1.807) is 0 Å². The van der Waals surface area contributed by atoms with Crippen molar-refractivity contribution in [2.75, 3.05) is 6.61 Å². The number of rotatable bonds is 4. The van der Waals surface area contributed by atoms with Crippen molar-refractivity contribution in [3.8, 4) is 5.75 Å². The molecule has 0 spiro atoms. The van der Waals surface area contributed by atoms with Gasteiger partial charge in [-0.2, -0.15) is 0 Å². The van der Waals surface area contributed by atoms with Crippen molar-refractivity contribution in [1.82, 2.24) is 10.9 Å². The fourth-order valence-corrected chi connectivity index (χ4v) is 2.35. The molecule has 1 fully saturated rings. The van der Waals surface area contributed by atoms with E-state index in [0.29, 0.717) is 5.75 Å². The van der Waals surface area contributed by atoms with E-state index in [1.165, 1.54) is 0 Å². The Morgan fingerprint density at radius 3 is 2.55 bits per heavy atom. The predicted molar refractivity (Wildman–Crippen MR) is 83.1 cm³/mol. The van der Waals surface area contributed by atoms with E-state index in [4.69, 9.17) is 4.74 Å². The van der Waals surface area contributed by atoms with Crippen LogP contribution in [0.3, 0.4) is 0 Å². The lowest BCUT2D eigenvalue weighted by Crippen LogP contribution is -2.47. The van der Waals surface area contributed by atoms with Gasteiger partial charge in [-0.05, 0) is 35.7 Å². The molecule has 22 heavy (non-hydrogen) atoms. The molecule has 1 aliphatic carbocycles. The summed E-state index contributed by atoms with van der Waals surface area (Å²) in [5.74, 6) is 0.173. The van der Waals surface area contributed by atoms with Crippen molar-refractivity contribution in [3.05, 3.63) is 42.5 Å². The molecule has 0 aromatic heterocycles. The molecule has 2 N–H and O–H groups in total. The van der Waals surface area contributed by atoms with Crippen LogP contribution in [0.25, 0.3) is 10.8 Å². The topological polar surface area (TPSA) is 67.4 Å². The summed E-state index contributed by atoms with van der Waals surface area (Å²) in [7, 11) is 0. The Labute approximate surface area is 128 Å². The van der Waals surface area contributed by atoms with Crippen LogP contribution in [-0.4, -0.2) is 18.4 Å². The molecule has 114 valence electrons. The molecule has 5 nitrogen and oxygen atoms in total. The summed E-state index contributed by atoms with van der Waals surface area (Å²) < 4.78 is 5.45. The van der Waals surface area contributed by atoms with Crippen molar-refractivity contribution in [2.24, 2.45) is 5.92 Å². The molecule has 0 heterocycles. The van der Waals surface area contributed by atoms with Crippen LogP contribution in [-0.2, 0) is 9.59 Å². The fraction of sp³-hybridized carbons (Fsp3) is 0.294. The third-order valence-corrected chi connectivity index (χ3v) is 3.89. The number of amides is 2. The van der Waals surface area contributed by atoms with E-state index >= 15 is 0 Å². The molecule has 1 saturated carbocycles. The molecule has 2 aromatic carbocycles. The van der Waals surface area contributed by atoms with Gasteiger partial charge in [0.2, 0.25) is 5.91 Å². The van der Waals surface area contributed by atoms with E-state index in [2.05, 4.69) is 10.9 Å². The summed E-state index contributed by atoms with van der Waals surface area (Å²) in [4.78, 5) is 23.2. The van der Waals surface area contributed by atoms with E-state index in [1.807, 2.05) is 42.5 Å². The average Bonchev–Trinajstić information content (AvgIpc) is 2.49. The molecule has 0 saturated heterocycles. The Kier molecular flexibility index (Phi) is 4.23. The zero-order chi connectivity index (χ0) is 15.4. The molecular weight excluding hydrogens is 280 g/mol. The molecule has 0 bridgehead atoms.